The number of fused-ring (bicyclic) bond motifs is 1. The fourth-order valence-corrected chi connectivity index (χ4v) is 6.13. The third-order valence-electron chi connectivity index (χ3n) is 5.97. The first-order valence-electron chi connectivity index (χ1n) is 11.0. The van der Waals surface area contributed by atoms with E-state index in [0.717, 1.165) is 6.42 Å². The van der Waals surface area contributed by atoms with Gasteiger partial charge in [-0.15, -0.1) is 0 Å². The van der Waals surface area contributed by atoms with Crippen molar-refractivity contribution < 1.29 is 13.2 Å². The lowest BCUT2D eigenvalue weighted by Crippen LogP contribution is -2.42. The van der Waals surface area contributed by atoms with Crippen LogP contribution in [0.2, 0.25) is 0 Å². The molecule has 3 aromatic rings. The van der Waals surface area contributed by atoms with E-state index < -0.39 is 10.0 Å². The maximum absolute atomic E-state index is 13.1. The number of aromatic amines is 1. The molecule has 1 aromatic heterocycles. The number of hydrogen-bond donors (Lipinski definition) is 1. The number of piperidine rings is 1. The molecule has 0 bridgehead atoms. The van der Waals surface area contributed by atoms with Gasteiger partial charge >= 0.3 is 0 Å². The highest BCUT2D eigenvalue weighted by molar-refractivity contribution is 7.89. The van der Waals surface area contributed by atoms with E-state index in [-0.39, 0.29) is 22.9 Å². The van der Waals surface area contributed by atoms with Crippen molar-refractivity contribution in [2.75, 3.05) is 20.1 Å². The van der Waals surface area contributed by atoms with Crippen LogP contribution in [0.4, 0.5) is 0 Å². The Kier molecular flexibility index (Phi) is 6.36. The topological polar surface area (TPSA) is 103 Å². The quantitative estimate of drug-likeness (QED) is 0.620. The number of sulfonamides is 1. The minimum Gasteiger partial charge on any atom is -0.334 e. The van der Waals surface area contributed by atoms with Crippen LogP contribution in [0.5, 0.6) is 0 Å². The maximum Gasteiger partial charge on any atom is 0.258 e. The summed E-state index contributed by atoms with van der Waals surface area (Å²) in [5.74, 6) is 0.707. The van der Waals surface area contributed by atoms with Crippen LogP contribution in [0.15, 0.2) is 58.2 Å². The molecule has 2 aromatic carbocycles. The Hall–Kier alpha value is -3.04. The summed E-state index contributed by atoms with van der Waals surface area (Å²) in [4.78, 5) is 33.9. The summed E-state index contributed by atoms with van der Waals surface area (Å²) in [6.45, 7) is 5.25. The lowest BCUT2D eigenvalue weighted by molar-refractivity contribution is 0.0781. The van der Waals surface area contributed by atoms with Gasteiger partial charge in [0.2, 0.25) is 10.0 Å². The van der Waals surface area contributed by atoms with E-state index in [1.54, 1.807) is 31.3 Å². The molecule has 1 saturated heterocycles. The SMILES string of the molecule is C[C@@H]1C[C@H](C)CN(S(=O)(=O)c2ccc(C(=O)N(C)Cc3nc4ccccc4c(=O)[nH]3)cc2)C1. The molecule has 33 heavy (non-hydrogen) atoms. The highest BCUT2D eigenvalue weighted by Gasteiger charge is 2.31. The summed E-state index contributed by atoms with van der Waals surface area (Å²) in [7, 11) is -2.00. The monoisotopic (exact) mass is 468 g/mol. The number of H-pyrrole nitrogens is 1. The lowest BCUT2D eigenvalue weighted by atomic mass is 9.94. The molecule has 9 heteroatoms. The molecule has 2 heterocycles. The minimum atomic E-state index is -3.61. The molecule has 0 aliphatic carbocycles. The number of para-hydroxylation sites is 1. The van der Waals surface area contributed by atoms with Crippen molar-refractivity contribution in [3.05, 3.63) is 70.3 Å². The van der Waals surface area contributed by atoms with Gasteiger partial charge in [0, 0.05) is 25.7 Å². The molecule has 0 spiro atoms. The van der Waals surface area contributed by atoms with Gasteiger partial charge in [-0.1, -0.05) is 26.0 Å². The normalized spacial score (nSPS) is 19.5. The summed E-state index contributed by atoms with van der Waals surface area (Å²) in [6.07, 6.45) is 1.02. The first kappa shape index (κ1) is 23.1. The van der Waals surface area contributed by atoms with Crippen LogP contribution in [0.25, 0.3) is 10.9 Å². The van der Waals surface area contributed by atoms with Crippen molar-refractivity contribution in [2.45, 2.75) is 31.7 Å². The van der Waals surface area contributed by atoms with Gasteiger partial charge in [0.05, 0.1) is 22.3 Å². The van der Waals surface area contributed by atoms with Crippen molar-refractivity contribution >= 4 is 26.8 Å². The van der Waals surface area contributed by atoms with E-state index in [1.807, 2.05) is 0 Å². The fraction of sp³-hybridized carbons (Fsp3) is 0.375. The zero-order chi connectivity index (χ0) is 23.8. The second-order valence-electron chi connectivity index (χ2n) is 8.98. The number of carbonyl (C=O) groups excluding carboxylic acids is 1. The number of aromatic nitrogens is 2. The van der Waals surface area contributed by atoms with Gasteiger partial charge < -0.3 is 9.88 Å². The van der Waals surface area contributed by atoms with E-state index in [4.69, 9.17) is 0 Å². The van der Waals surface area contributed by atoms with Gasteiger partial charge in [0.25, 0.3) is 11.5 Å². The predicted octanol–water partition coefficient (Wildman–Crippen LogP) is 2.86. The summed E-state index contributed by atoms with van der Waals surface area (Å²) in [5, 5.41) is 0.490. The van der Waals surface area contributed by atoms with Crippen molar-refractivity contribution in [3.63, 3.8) is 0 Å². The number of amides is 1. The van der Waals surface area contributed by atoms with E-state index in [0.29, 0.717) is 47.2 Å². The highest BCUT2D eigenvalue weighted by atomic mass is 32.2. The Morgan fingerprint density at radius 3 is 2.39 bits per heavy atom. The third kappa shape index (κ3) is 4.84. The molecule has 1 amide bonds. The molecule has 4 rings (SSSR count). The van der Waals surface area contributed by atoms with Gasteiger partial charge in [-0.25, -0.2) is 13.4 Å². The predicted molar refractivity (Wildman–Crippen MR) is 126 cm³/mol. The standard InChI is InChI=1S/C24H28N4O4S/c1-16-12-17(2)14-28(13-16)33(31,32)19-10-8-18(9-11-19)24(30)27(3)15-22-25-21-7-5-4-6-20(21)23(29)26-22/h4-11,16-17H,12-15H2,1-3H3,(H,25,26,29)/t16-,17+. The first-order valence-corrected chi connectivity index (χ1v) is 12.4. The molecule has 1 N–H and O–H groups in total. The number of benzene rings is 2. The van der Waals surface area contributed by atoms with Crippen LogP contribution >= 0.6 is 0 Å². The number of hydrogen-bond acceptors (Lipinski definition) is 5. The van der Waals surface area contributed by atoms with Gasteiger partial charge in [-0.3, -0.25) is 9.59 Å². The Morgan fingerprint density at radius 1 is 1.09 bits per heavy atom. The molecule has 1 aliphatic rings. The highest BCUT2D eigenvalue weighted by Crippen LogP contribution is 2.27. The molecular weight excluding hydrogens is 440 g/mol. The van der Waals surface area contributed by atoms with Crippen LogP contribution in [0.1, 0.15) is 36.5 Å². The zero-order valence-electron chi connectivity index (χ0n) is 19.0. The fourth-order valence-electron chi connectivity index (χ4n) is 4.45. The zero-order valence-corrected chi connectivity index (χ0v) is 19.8. The van der Waals surface area contributed by atoms with Gasteiger partial charge in [0.1, 0.15) is 5.82 Å². The van der Waals surface area contributed by atoms with E-state index >= 15 is 0 Å². The van der Waals surface area contributed by atoms with Crippen LogP contribution in [-0.4, -0.2) is 53.6 Å². The van der Waals surface area contributed by atoms with Crippen molar-refractivity contribution in [1.82, 2.24) is 19.2 Å². The molecule has 8 nitrogen and oxygen atoms in total. The molecule has 174 valence electrons. The second kappa shape index (κ2) is 9.07. The summed E-state index contributed by atoms with van der Waals surface area (Å²) >= 11 is 0. The smallest absolute Gasteiger partial charge is 0.258 e. The van der Waals surface area contributed by atoms with Gasteiger partial charge in [-0.2, -0.15) is 4.31 Å². The van der Waals surface area contributed by atoms with Crippen LogP contribution in [0, 0.1) is 11.8 Å². The molecule has 1 fully saturated rings. The molecule has 0 saturated carbocycles. The van der Waals surface area contributed by atoms with Crippen LogP contribution in [0.3, 0.4) is 0 Å². The first-order chi connectivity index (χ1) is 15.6. The maximum atomic E-state index is 13.1. The van der Waals surface area contributed by atoms with Crippen LogP contribution in [-0.2, 0) is 16.6 Å². The largest absolute Gasteiger partial charge is 0.334 e. The van der Waals surface area contributed by atoms with Gasteiger partial charge in [-0.05, 0) is 54.7 Å². The van der Waals surface area contributed by atoms with Crippen molar-refractivity contribution in [1.29, 1.82) is 0 Å². The second-order valence-corrected chi connectivity index (χ2v) is 10.9. The summed E-state index contributed by atoms with van der Waals surface area (Å²) in [6, 6.07) is 13.0. The van der Waals surface area contributed by atoms with Crippen LogP contribution < -0.4 is 5.56 Å². The van der Waals surface area contributed by atoms with E-state index in [2.05, 4.69) is 23.8 Å². The molecule has 0 unspecified atom stereocenters. The molecule has 2 atom stereocenters. The number of nitrogens with zero attached hydrogens (tertiary/aromatic N) is 3. The van der Waals surface area contributed by atoms with Crippen molar-refractivity contribution in [2.24, 2.45) is 11.8 Å². The Balaban J connectivity index is 1.49. The molecule has 1 aliphatic heterocycles. The van der Waals surface area contributed by atoms with Crippen molar-refractivity contribution in [3.8, 4) is 0 Å². The Bertz CT molecular complexity index is 1320. The minimum absolute atomic E-state index is 0.114. The summed E-state index contributed by atoms with van der Waals surface area (Å²) < 4.78 is 27.7. The van der Waals surface area contributed by atoms with Gasteiger partial charge in [0.15, 0.2) is 0 Å². The average Bonchev–Trinajstić information content (AvgIpc) is 2.78. The Morgan fingerprint density at radius 2 is 1.73 bits per heavy atom. The molecular formula is C24H28N4O4S. The number of carbonyl (C=O) groups is 1. The van der Waals surface area contributed by atoms with E-state index in [1.165, 1.54) is 33.5 Å². The molecule has 0 radical (unpaired) electrons. The summed E-state index contributed by atoms with van der Waals surface area (Å²) in [5.41, 5.74) is 0.667. The number of nitrogens with one attached hydrogen (secondary N) is 1. The third-order valence-corrected chi connectivity index (χ3v) is 7.82. The lowest BCUT2D eigenvalue weighted by Gasteiger charge is -2.34. The average molecular weight is 469 g/mol. The number of rotatable bonds is 5. The Labute approximate surface area is 193 Å². The van der Waals surface area contributed by atoms with E-state index in [9.17, 15) is 18.0 Å².